The molecule has 1 amide bonds. The van der Waals surface area contributed by atoms with Gasteiger partial charge < -0.3 is 5.32 Å². The van der Waals surface area contributed by atoms with Gasteiger partial charge in [-0.2, -0.15) is 10.2 Å². The van der Waals surface area contributed by atoms with Crippen molar-refractivity contribution in [3.05, 3.63) is 16.9 Å². The van der Waals surface area contributed by atoms with E-state index in [-0.39, 0.29) is 11.9 Å². The second-order valence-electron chi connectivity index (χ2n) is 5.88. The molecule has 3 aromatic rings. The molecule has 3 aromatic heterocycles. The maximum Gasteiger partial charge on any atom is 0.228 e. The summed E-state index contributed by atoms with van der Waals surface area (Å²) in [5, 5.41) is 21.2. The van der Waals surface area contributed by atoms with Gasteiger partial charge in [-0.3, -0.25) is 14.2 Å². The third-order valence-electron chi connectivity index (χ3n) is 3.72. The summed E-state index contributed by atoms with van der Waals surface area (Å²) in [6.45, 7) is 8.65. The first-order chi connectivity index (χ1) is 11.5. The molecule has 0 aliphatic rings. The van der Waals surface area contributed by atoms with Crippen LogP contribution in [0.1, 0.15) is 43.9 Å². The largest absolute Gasteiger partial charge is 0.300 e. The van der Waals surface area contributed by atoms with Crippen molar-refractivity contribution < 1.29 is 4.79 Å². The Morgan fingerprint density at radius 1 is 1.38 bits per heavy atom. The highest BCUT2D eigenvalue weighted by Crippen LogP contribution is 2.21. The minimum atomic E-state index is -0.0913. The Hall–Kier alpha value is -2.29. The van der Waals surface area contributed by atoms with Gasteiger partial charge in [-0.1, -0.05) is 18.3 Å². The highest BCUT2D eigenvalue weighted by atomic mass is 32.1. The number of aryl methyl sites for hydroxylation is 3. The van der Waals surface area contributed by atoms with Crippen LogP contribution in [0.3, 0.4) is 0 Å². The van der Waals surface area contributed by atoms with Crippen molar-refractivity contribution in [2.75, 3.05) is 5.32 Å². The molecule has 0 saturated carbocycles. The number of fused-ring (bicyclic) bond motifs is 1. The lowest BCUT2D eigenvalue weighted by Crippen LogP contribution is -2.15. The Labute approximate surface area is 143 Å². The quantitative estimate of drug-likeness (QED) is 0.740. The Bertz CT molecular complexity index is 861. The van der Waals surface area contributed by atoms with Crippen LogP contribution in [0, 0.1) is 6.92 Å². The van der Waals surface area contributed by atoms with Gasteiger partial charge in [-0.15, -0.1) is 10.2 Å². The number of rotatable bonds is 6. The van der Waals surface area contributed by atoms with Crippen molar-refractivity contribution in [3.8, 4) is 0 Å². The van der Waals surface area contributed by atoms with Crippen molar-refractivity contribution in [3.63, 3.8) is 0 Å². The Morgan fingerprint density at radius 3 is 2.83 bits per heavy atom. The molecule has 0 unspecified atom stereocenters. The number of nitrogens with zero attached hydrogens (tertiary/aromatic N) is 6. The first-order valence-corrected chi connectivity index (χ1v) is 8.84. The van der Waals surface area contributed by atoms with Crippen LogP contribution < -0.4 is 5.32 Å². The van der Waals surface area contributed by atoms with Crippen molar-refractivity contribution >= 4 is 33.4 Å². The first kappa shape index (κ1) is 16.6. The maximum absolute atomic E-state index is 12.1. The average molecular weight is 347 g/mol. The molecule has 0 bridgehead atoms. The lowest BCUT2D eigenvalue weighted by atomic mass is 10.3. The van der Waals surface area contributed by atoms with E-state index in [1.54, 1.807) is 0 Å². The third-order valence-corrected chi connectivity index (χ3v) is 4.71. The van der Waals surface area contributed by atoms with Crippen LogP contribution in [0.15, 0.2) is 6.20 Å². The fourth-order valence-electron chi connectivity index (χ4n) is 2.58. The number of carbonyl (C=O) groups excluding carboxylic acids is 1. The van der Waals surface area contributed by atoms with Crippen LogP contribution >= 0.6 is 11.3 Å². The van der Waals surface area contributed by atoms with Crippen LogP contribution in [0.4, 0.5) is 5.13 Å². The lowest BCUT2D eigenvalue weighted by Gasteiger charge is -2.04. The average Bonchev–Trinajstić information content (AvgIpc) is 3.22. The topological polar surface area (TPSA) is 90.5 Å². The van der Waals surface area contributed by atoms with E-state index < -0.39 is 0 Å². The molecule has 0 radical (unpaired) electrons. The molecule has 0 aliphatic heterocycles. The monoisotopic (exact) mass is 347 g/mol. The standard InChI is InChI=1S/C15H21N7OS/c1-5-13-18-19-15(24-13)17-12(23)6-7-21-14-10(4)20-22(9(2)3)11(14)8-16-21/h8-9H,5-7H2,1-4H3,(H,17,19,23). The Morgan fingerprint density at radius 2 is 2.17 bits per heavy atom. The van der Waals surface area contributed by atoms with Crippen LogP contribution in [-0.2, 0) is 17.8 Å². The lowest BCUT2D eigenvalue weighted by molar-refractivity contribution is -0.116. The van der Waals surface area contributed by atoms with Gasteiger partial charge >= 0.3 is 0 Å². The second kappa shape index (κ2) is 6.68. The van der Waals surface area contributed by atoms with E-state index >= 15 is 0 Å². The number of hydrogen-bond acceptors (Lipinski definition) is 6. The summed E-state index contributed by atoms with van der Waals surface area (Å²) in [4.78, 5) is 12.1. The fraction of sp³-hybridized carbons (Fsp3) is 0.533. The molecule has 9 heteroatoms. The highest BCUT2D eigenvalue weighted by molar-refractivity contribution is 7.15. The van der Waals surface area contributed by atoms with Crippen molar-refractivity contribution in [2.24, 2.45) is 0 Å². The molecule has 3 rings (SSSR count). The van der Waals surface area contributed by atoms with Gasteiger partial charge in [0, 0.05) is 12.5 Å². The van der Waals surface area contributed by atoms with Crippen molar-refractivity contribution in [2.45, 2.75) is 53.1 Å². The summed E-state index contributed by atoms with van der Waals surface area (Å²) < 4.78 is 3.80. The molecule has 8 nitrogen and oxygen atoms in total. The zero-order valence-electron chi connectivity index (χ0n) is 14.3. The molecular formula is C15H21N7OS. The van der Waals surface area contributed by atoms with Gasteiger partial charge in [0.1, 0.15) is 16.0 Å². The van der Waals surface area contributed by atoms with E-state index in [1.165, 1.54) is 11.3 Å². The Balaban J connectivity index is 1.68. The second-order valence-corrected chi connectivity index (χ2v) is 6.94. The molecule has 24 heavy (non-hydrogen) atoms. The smallest absolute Gasteiger partial charge is 0.228 e. The molecule has 0 aromatic carbocycles. The van der Waals surface area contributed by atoms with Crippen molar-refractivity contribution in [1.82, 2.24) is 29.8 Å². The van der Waals surface area contributed by atoms with E-state index in [1.807, 2.05) is 29.4 Å². The van der Waals surface area contributed by atoms with E-state index in [0.29, 0.717) is 18.1 Å². The van der Waals surface area contributed by atoms with Crippen LogP contribution in [-0.4, -0.2) is 35.7 Å². The zero-order chi connectivity index (χ0) is 17.3. The Kier molecular flexibility index (Phi) is 4.61. The molecule has 0 spiro atoms. The summed E-state index contributed by atoms with van der Waals surface area (Å²) in [7, 11) is 0. The number of hydrogen-bond donors (Lipinski definition) is 1. The molecule has 0 saturated heterocycles. The molecule has 3 heterocycles. The highest BCUT2D eigenvalue weighted by Gasteiger charge is 2.16. The number of nitrogens with one attached hydrogen (secondary N) is 1. The number of aromatic nitrogens is 6. The summed E-state index contributed by atoms with van der Waals surface area (Å²) in [6, 6.07) is 0.271. The third kappa shape index (κ3) is 3.16. The predicted molar refractivity (Wildman–Crippen MR) is 93.2 cm³/mol. The molecular weight excluding hydrogens is 326 g/mol. The van der Waals surface area contributed by atoms with Gasteiger partial charge in [0.2, 0.25) is 11.0 Å². The first-order valence-electron chi connectivity index (χ1n) is 8.02. The normalized spacial score (nSPS) is 11.5. The summed E-state index contributed by atoms with van der Waals surface area (Å²) >= 11 is 1.41. The maximum atomic E-state index is 12.1. The van der Waals surface area contributed by atoms with Gasteiger partial charge in [-0.05, 0) is 27.2 Å². The predicted octanol–water partition coefficient (Wildman–Crippen LogP) is 2.56. The fourth-order valence-corrected chi connectivity index (χ4v) is 3.27. The number of carbonyl (C=O) groups is 1. The zero-order valence-corrected chi connectivity index (χ0v) is 15.1. The number of amides is 1. The van der Waals surface area contributed by atoms with E-state index in [2.05, 4.69) is 39.6 Å². The minimum absolute atomic E-state index is 0.0913. The molecule has 0 atom stereocenters. The van der Waals surface area contributed by atoms with Gasteiger partial charge in [0.05, 0.1) is 18.4 Å². The van der Waals surface area contributed by atoms with Gasteiger partial charge in [0.25, 0.3) is 0 Å². The summed E-state index contributed by atoms with van der Waals surface area (Å²) in [6.07, 6.45) is 2.95. The minimum Gasteiger partial charge on any atom is -0.300 e. The van der Waals surface area contributed by atoms with E-state index in [4.69, 9.17) is 0 Å². The van der Waals surface area contributed by atoms with Crippen LogP contribution in [0.2, 0.25) is 0 Å². The van der Waals surface area contributed by atoms with Crippen LogP contribution in [0.5, 0.6) is 0 Å². The number of anilines is 1. The summed E-state index contributed by atoms with van der Waals surface area (Å²) in [5.41, 5.74) is 2.91. The molecule has 0 aliphatic carbocycles. The van der Waals surface area contributed by atoms with Gasteiger partial charge in [-0.25, -0.2) is 0 Å². The van der Waals surface area contributed by atoms with E-state index in [9.17, 15) is 4.79 Å². The SMILES string of the molecule is CCc1nnc(NC(=O)CCn2ncc3c2c(C)nn3C(C)C)s1. The summed E-state index contributed by atoms with van der Waals surface area (Å²) in [5.74, 6) is -0.0913. The van der Waals surface area contributed by atoms with Crippen LogP contribution in [0.25, 0.3) is 11.0 Å². The molecule has 0 fully saturated rings. The van der Waals surface area contributed by atoms with Gasteiger partial charge in [0.15, 0.2) is 0 Å². The van der Waals surface area contributed by atoms with E-state index in [0.717, 1.165) is 28.2 Å². The van der Waals surface area contributed by atoms with Crippen molar-refractivity contribution in [1.29, 1.82) is 0 Å². The molecule has 1 N–H and O–H groups in total. The molecule has 128 valence electrons.